The Morgan fingerprint density at radius 3 is 2.57 bits per heavy atom. The average Bonchev–Trinajstić information content (AvgIpc) is 2.71. The van der Waals surface area contributed by atoms with Crippen molar-refractivity contribution in [3.8, 4) is 0 Å². The number of aromatic carboxylic acids is 1. The number of hydrogen-bond donors (Lipinski definition) is 1. The average molecular weight is 291 g/mol. The number of carboxylic acids is 1. The highest BCUT2D eigenvalue weighted by atomic mass is 16.5. The van der Waals surface area contributed by atoms with E-state index in [0.717, 1.165) is 17.7 Å². The van der Waals surface area contributed by atoms with Gasteiger partial charge < -0.3 is 9.84 Å². The summed E-state index contributed by atoms with van der Waals surface area (Å²) in [6.07, 6.45) is 1.95. The van der Waals surface area contributed by atoms with Gasteiger partial charge in [-0.05, 0) is 24.6 Å². The topological polar surface area (TPSA) is 83.9 Å². The molecule has 0 bridgehead atoms. The number of carboxylic acid groups (broad SMARTS) is 1. The van der Waals surface area contributed by atoms with Gasteiger partial charge in [-0.3, -0.25) is 14.5 Å². The van der Waals surface area contributed by atoms with Crippen molar-refractivity contribution >= 4 is 17.8 Å². The van der Waals surface area contributed by atoms with Crippen molar-refractivity contribution in [2.75, 3.05) is 19.8 Å². The van der Waals surface area contributed by atoms with Gasteiger partial charge >= 0.3 is 5.97 Å². The first kappa shape index (κ1) is 15.2. The van der Waals surface area contributed by atoms with Gasteiger partial charge in [-0.2, -0.15) is 0 Å². The highest BCUT2D eigenvalue weighted by Crippen LogP contribution is 2.23. The van der Waals surface area contributed by atoms with Gasteiger partial charge in [0.1, 0.15) is 0 Å². The molecule has 1 aliphatic rings. The van der Waals surface area contributed by atoms with E-state index in [0.29, 0.717) is 6.61 Å². The monoisotopic (exact) mass is 291 g/mol. The molecule has 0 saturated carbocycles. The molecule has 2 rings (SSSR count). The minimum atomic E-state index is -1.13. The van der Waals surface area contributed by atoms with E-state index in [2.05, 4.69) is 0 Å². The van der Waals surface area contributed by atoms with E-state index >= 15 is 0 Å². The van der Waals surface area contributed by atoms with Crippen LogP contribution < -0.4 is 0 Å². The first-order chi connectivity index (χ1) is 10.1. The molecule has 21 heavy (non-hydrogen) atoms. The van der Waals surface area contributed by atoms with Gasteiger partial charge in [0.05, 0.1) is 29.8 Å². The van der Waals surface area contributed by atoms with E-state index in [1.165, 1.54) is 18.2 Å². The zero-order valence-corrected chi connectivity index (χ0v) is 11.8. The highest BCUT2D eigenvalue weighted by Gasteiger charge is 2.35. The third kappa shape index (κ3) is 3.11. The normalized spacial score (nSPS) is 13.7. The fourth-order valence-corrected chi connectivity index (χ4v) is 2.13. The fraction of sp³-hybridized carbons (Fsp3) is 0.400. The molecule has 0 atom stereocenters. The molecule has 0 unspecified atom stereocenters. The maximum Gasteiger partial charge on any atom is 0.335 e. The number of nitrogens with zero attached hydrogens (tertiary/aromatic N) is 1. The minimum absolute atomic E-state index is 0.00375. The van der Waals surface area contributed by atoms with Crippen molar-refractivity contribution in [1.29, 1.82) is 0 Å². The number of unbranched alkanes of at least 4 members (excludes halogenated alkanes) is 1. The molecule has 0 aromatic heterocycles. The fourth-order valence-electron chi connectivity index (χ4n) is 2.13. The lowest BCUT2D eigenvalue weighted by atomic mass is 10.1. The van der Waals surface area contributed by atoms with Gasteiger partial charge in [-0.1, -0.05) is 13.3 Å². The van der Waals surface area contributed by atoms with Crippen molar-refractivity contribution in [2.24, 2.45) is 0 Å². The molecular formula is C15H17NO5. The first-order valence-corrected chi connectivity index (χ1v) is 6.87. The number of ether oxygens (including phenoxy) is 1. The van der Waals surface area contributed by atoms with Gasteiger partial charge in [-0.15, -0.1) is 0 Å². The molecule has 1 aliphatic heterocycles. The molecular weight excluding hydrogens is 274 g/mol. The Morgan fingerprint density at radius 1 is 1.19 bits per heavy atom. The Kier molecular flexibility index (Phi) is 4.70. The van der Waals surface area contributed by atoms with Gasteiger partial charge in [-0.25, -0.2) is 4.79 Å². The van der Waals surface area contributed by atoms with Crippen molar-refractivity contribution in [1.82, 2.24) is 4.90 Å². The van der Waals surface area contributed by atoms with Gasteiger partial charge in [0, 0.05) is 6.61 Å². The second kappa shape index (κ2) is 6.49. The molecule has 0 aliphatic carbocycles. The van der Waals surface area contributed by atoms with Gasteiger partial charge in [0.25, 0.3) is 11.8 Å². The van der Waals surface area contributed by atoms with E-state index in [1.54, 1.807) is 0 Å². The Hall–Kier alpha value is -2.21. The molecule has 6 nitrogen and oxygen atoms in total. The summed E-state index contributed by atoms with van der Waals surface area (Å²) < 4.78 is 5.35. The van der Waals surface area contributed by atoms with Gasteiger partial charge in [0.15, 0.2) is 0 Å². The number of fused-ring (bicyclic) bond motifs is 1. The third-order valence-corrected chi connectivity index (χ3v) is 3.32. The summed E-state index contributed by atoms with van der Waals surface area (Å²) in [6, 6.07) is 3.96. The minimum Gasteiger partial charge on any atom is -0.478 e. The number of rotatable bonds is 7. The third-order valence-electron chi connectivity index (χ3n) is 3.32. The van der Waals surface area contributed by atoms with E-state index in [-0.39, 0.29) is 29.8 Å². The van der Waals surface area contributed by atoms with E-state index < -0.39 is 17.8 Å². The summed E-state index contributed by atoms with van der Waals surface area (Å²) in [5.41, 5.74) is 0.392. The number of carbonyl (C=O) groups excluding carboxylic acids is 2. The van der Waals surface area contributed by atoms with E-state index in [9.17, 15) is 14.4 Å². The van der Waals surface area contributed by atoms with Crippen LogP contribution in [0, 0.1) is 0 Å². The summed E-state index contributed by atoms with van der Waals surface area (Å²) in [7, 11) is 0. The second-order valence-electron chi connectivity index (χ2n) is 4.79. The predicted octanol–water partition coefficient (Wildman–Crippen LogP) is 1.80. The van der Waals surface area contributed by atoms with Crippen LogP contribution in [0.25, 0.3) is 0 Å². The lowest BCUT2D eigenvalue weighted by Crippen LogP contribution is -2.33. The van der Waals surface area contributed by atoms with Crippen LogP contribution >= 0.6 is 0 Å². The van der Waals surface area contributed by atoms with Gasteiger partial charge in [0.2, 0.25) is 0 Å². The molecule has 0 spiro atoms. The van der Waals surface area contributed by atoms with Crippen molar-refractivity contribution in [3.63, 3.8) is 0 Å². The summed E-state index contributed by atoms with van der Waals surface area (Å²) in [5, 5.41) is 8.93. The highest BCUT2D eigenvalue weighted by molar-refractivity contribution is 6.21. The van der Waals surface area contributed by atoms with Crippen LogP contribution in [-0.2, 0) is 4.74 Å². The molecule has 0 radical (unpaired) electrons. The summed E-state index contributed by atoms with van der Waals surface area (Å²) in [4.78, 5) is 36.3. The molecule has 0 saturated heterocycles. The van der Waals surface area contributed by atoms with E-state index in [4.69, 9.17) is 9.84 Å². The number of carbonyl (C=O) groups is 3. The number of imide groups is 1. The van der Waals surface area contributed by atoms with Crippen LogP contribution in [0.5, 0.6) is 0 Å². The SMILES string of the molecule is CCCCOCCN1C(=O)c2ccc(C(=O)O)cc2C1=O. The Balaban J connectivity index is 2.06. The Bertz CT molecular complexity index is 581. The Labute approximate surface area is 122 Å². The van der Waals surface area contributed by atoms with E-state index in [1.807, 2.05) is 6.92 Å². The predicted molar refractivity (Wildman–Crippen MR) is 74.5 cm³/mol. The van der Waals surface area contributed by atoms with Crippen LogP contribution in [-0.4, -0.2) is 47.5 Å². The second-order valence-corrected chi connectivity index (χ2v) is 4.79. The standard InChI is InChI=1S/C15H17NO5/c1-2-3-7-21-8-6-16-13(17)11-5-4-10(15(19)20)9-12(11)14(16)18/h4-5,9H,2-3,6-8H2,1H3,(H,19,20). The van der Waals surface area contributed by atoms with Crippen molar-refractivity contribution < 1.29 is 24.2 Å². The number of amides is 2. The van der Waals surface area contributed by atoms with Crippen molar-refractivity contribution in [2.45, 2.75) is 19.8 Å². The van der Waals surface area contributed by atoms with Crippen LogP contribution in [0.4, 0.5) is 0 Å². The Morgan fingerprint density at radius 2 is 1.90 bits per heavy atom. The van der Waals surface area contributed by atoms with Crippen molar-refractivity contribution in [3.05, 3.63) is 34.9 Å². The molecule has 1 aromatic rings. The van der Waals surface area contributed by atoms with Crippen LogP contribution in [0.15, 0.2) is 18.2 Å². The first-order valence-electron chi connectivity index (χ1n) is 6.87. The zero-order valence-electron chi connectivity index (χ0n) is 11.8. The molecule has 2 amide bonds. The lowest BCUT2D eigenvalue weighted by molar-refractivity contribution is 0.0560. The maximum atomic E-state index is 12.2. The lowest BCUT2D eigenvalue weighted by Gasteiger charge is -2.13. The molecule has 112 valence electrons. The molecule has 0 fully saturated rings. The molecule has 1 aromatic carbocycles. The number of hydrogen-bond acceptors (Lipinski definition) is 4. The molecule has 1 N–H and O–H groups in total. The molecule has 1 heterocycles. The quantitative estimate of drug-likeness (QED) is 0.611. The van der Waals surface area contributed by atoms with Crippen LogP contribution in [0.1, 0.15) is 50.8 Å². The zero-order chi connectivity index (χ0) is 15.4. The molecule has 6 heteroatoms. The van der Waals surface area contributed by atoms with Crippen LogP contribution in [0.3, 0.4) is 0 Å². The summed E-state index contributed by atoms with van der Waals surface area (Å²) in [5.74, 6) is -1.98. The maximum absolute atomic E-state index is 12.2. The number of benzene rings is 1. The summed E-state index contributed by atoms with van der Waals surface area (Å²) in [6.45, 7) is 3.12. The summed E-state index contributed by atoms with van der Waals surface area (Å²) >= 11 is 0. The smallest absolute Gasteiger partial charge is 0.335 e. The largest absolute Gasteiger partial charge is 0.478 e. The van der Waals surface area contributed by atoms with Crippen LogP contribution in [0.2, 0.25) is 0 Å².